The van der Waals surface area contributed by atoms with E-state index in [4.69, 9.17) is 5.11 Å². The third kappa shape index (κ3) is 6.27. The summed E-state index contributed by atoms with van der Waals surface area (Å²) in [4.78, 5) is 24.3. The molecule has 0 aromatic rings. The molecule has 5 nitrogen and oxygen atoms in total. The first-order valence-electron chi connectivity index (χ1n) is 6.99. The predicted octanol–water partition coefficient (Wildman–Crippen LogP) is 2.24. The predicted molar refractivity (Wildman–Crippen MR) is 74.0 cm³/mol. The first-order chi connectivity index (χ1) is 9.13. The second-order valence-electron chi connectivity index (χ2n) is 5.05. The fourth-order valence-corrected chi connectivity index (χ4v) is 2.37. The number of carboxylic acid groups (broad SMARTS) is 1. The van der Waals surface area contributed by atoms with Crippen molar-refractivity contribution in [3.05, 3.63) is 12.7 Å². The maximum absolute atomic E-state index is 11.9. The summed E-state index contributed by atoms with van der Waals surface area (Å²) in [5.74, 6) is -0.435. The molecular weight excluding hydrogens is 244 g/mol. The van der Waals surface area contributed by atoms with Crippen LogP contribution in [0.4, 0.5) is 4.79 Å². The number of aliphatic carboxylic acids is 1. The second-order valence-corrected chi connectivity index (χ2v) is 5.05. The smallest absolute Gasteiger partial charge is 0.317 e. The molecule has 0 aliphatic carbocycles. The Morgan fingerprint density at radius 3 is 2.95 bits per heavy atom. The van der Waals surface area contributed by atoms with E-state index in [-0.39, 0.29) is 12.5 Å². The summed E-state index contributed by atoms with van der Waals surface area (Å²) in [5.41, 5.74) is 0. The summed E-state index contributed by atoms with van der Waals surface area (Å²) in [6, 6.07) is -0.0240. The lowest BCUT2D eigenvalue weighted by Gasteiger charge is -2.32. The Kier molecular flexibility index (Phi) is 7.00. The van der Waals surface area contributed by atoms with Crippen molar-refractivity contribution in [1.29, 1.82) is 0 Å². The zero-order chi connectivity index (χ0) is 14.1. The van der Waals surface area contributed by atoms with Crippen LogP contribution in [-0.2, 0) is 4.79 Å². The van der Waals surface area contributed by atoms with Crippen LogP contribution in [-0.4, -0.2) is 41.6 Å². The van der Waals surface area contributed by atoms with Crippen molar-refractivity contribution in [3.63, 3.8) is 0 Å². The molecule has 1 unspecified atom stereocenters. The van der Waals surface area contributed by atoms with Crippen molar-refractivity contribution >= 4 is 12.0 Å². The SMILES string of the molecule is C=CCCCNC(=O)N1CCCC(CCC(=O)O)C1. The number of piperidine rings is 1. The van der Waals surface area contributed by atoms with Gasteiger partial charge < -0.3 is 15.3 Å². The Hall–Kier alpha value is -1.52. The zero-order valence-corrected chi connectivity index (χ0v) is 11.4. The van der Waals surface area contributed by atoms with Gasteiger partial charge in [0.2, 0.25) is 0 Å². The minimum atomic E-state index is -0.758. The van der Waals surface area contributed by atoms with E-state index >= 15 is 0 Å². The van der Waals surface area contributed by atoms with Crippen LogP contribution >= 0.6 is 0 Å². The lowest BCUT2D eigenvalue weighted by atomic mass is 9.93. The van der Waals surface area contributed by atoms with Gasteiger partial charge in [-0.25, -0.2) is 4.79 Å². The summed E-state index contributed by atoms with van der Waals surface area (Å²) < 4.78 is 0. The molecule has 5 heteroatoms. The van der Waals surface area contributed by atoms with Crippen LogP contribution in [0, 0.1) is 5.92 Å². The molecule has 0 spiro atoms. The van der Waals surface area contributed by atoms with Crippen molar-refractivity contribution in [2.75, 3.05) is 19.6 Å². The summed E-state index contributed by atoms with van der Waals surface area (Å²) in [7, 11) is 0. The van der Waals surface area contributed by atoms with E-state index < -0.39 is 5.97 Å². The third-order valence-corrected chi connectivity index (χ3v) is 3.43. The second kappa shape index (κ2) is 8.56. The highest BCUT2D eigenvalue weighted by Crippen LogP contribution is 2.20. The lowest BCUT2D eigenvalue weighted by Crippen LogP contribution is -2.45. The Bertz CT molecular complexity index is 318. The molecular formula is C14H24N2O3. The van der Waals surface area contributed by atoms with Gasteiger partial charge in [-0.15, -0.1) is 6.58 Å². The van der Waals surface area contributed by atoms with E-state index in [9.17, 15) is 9.59 Å². The van der Waals surface area contributed by atoms with Crippen LogP contribution in [0.15, 0.2) is 12.7 Å². The number of allylic oxidation sites excluding steroid dienone is 1. The van der Waals surface area contributed by atoms with Gasteiger partial charge in [0, 0.05) is 26.1 Å². The molecule has 1 aliphatic heterocycles. The average Bonchev–Trinajstić information content (AvgIpc) is 2.41. The van der Waals surface area contributed by atoms with E-state index in [0.717, 1.165) is 32.2 Å². The average molecular weight is 268 g/mol. The van der Waals surface area contributed by atoms with Gasteiger partial charge >= 0.3 is 12.0 Å². The van der Waals surface area contributed by atoms with Crippen LogP contribution < -0.4 is 5.32 Å². The molecule has 0 radical (unpaired) electrons. The monoisotopic (exact) mass is 268 g/mol. The molecule has 1 heterocycles. The van der Waals surface area contributed by atoms with Crippen molar-refractivity contribution in [2.45, 2.75) is 38.5 Å². The maximum Gasteiger partial charge on any atom is 0.317 e. The molecule has 1 aliphatic rings. The Balaban J connectivity index is 2.26. The van der Waals surface area contributed by atoms with Crippen LogP contribution in [0.2, 0.25) is 0 Å². The maximum atomic E-state index is 11.9. The zero-order valence-electron chi connectivity index (χ0n) is 11.4. The molecule has 0 saturated carbocycles. The minimum Gasteiger partial charge on any atom is -0.481 e. The van der Waals surface area contributed by atoms with E-state index in [1.165, 1.54) is 0 Å². The molecule has 108 valence electrons. The fourth-order valence-electron chi connectivity index (χ4n) is 2.37. The van der Waals surface area contributed by atoms with Crippen LogP contribution in [0.1, 0.15) is 38.5 Å². The van der Waals surface area contributed by atoms with E-state index in [1.54, 1.807) is 0 Å². The van der Waals surface area contributed by atoms with Gasteiger partial charge in [-0.1, -0.05) is 6.08 Å². The molecule has 1 rings (SSSR count). The summed E-state index contributed by atoms with van der Waals surface area (Å²) in [6.45, 7) is 5.76. The first kappa shape index (κ1) is 15.5. The third-order valence-electron chi connectivity index (χ3n) is 3.43. The molecule has 2 amide bonds. The number of urea groups is 1. The molecule has 2 N–H and O–H groups in total. The standard InChI is InChI=1S/C14H24N2O3/c1-2-3-4-9-15-14(19)16-10-5-6-12(11-16)7-8-13(17)18/h2,12H,1,3-11H2,(H,15,19)(H,17,18). The van der Waals surface area contributed by atoms with Crippen molar-refractivity contribution in [3.8, 4) is 0 Å². The van der Waals surface area contributed by atoms with Gasteiger partial charge in [0.25, 0.3) is 0 Å². The Morgan fingerprint density at radius 2 is 2.26 bits per heavy atom. The van der Waals surface area contributed by atoms with E-state index in [0.29, 0.717) is 25.4 Å². The van der Waals surface area contributed by atoms with Crippen molar-refractivity contribution in [2.24, 2.45) is 5.92 Å². The molecule has 0 bridgehead atoms. The lowest BCUT2D eigenvalue weighted by molar-refractivity contribution is -0.137. The highest BCUT2D eigenvalue weighted by atomic mass is 16.4. The number of hydrogen-bond donors (Lipinski definition) is 2. The number of rotatable bonds is 7. The molecule has 0 aromatic carbocycles. The molecule has 1 saturated heterocycles. The number of carboxylic acids is 1. The number of amides is 2. The number of unbranched alkanes of at least 4 members (excludes halogenated alkanes) is 1. The summed E-state index contributed by atoms with van der Waals surface area (Å²) >= 11 is 0. The number of nitrogens with one attached hydrogen (secondary N) is 1. The minimum absolute atomic E-state index is 0.0240. The van der Waals surface area contributed by atoms with Gasteiger partial charge in [0.15, 0.2) is 0 Å². The highest BCUT2D eigenvalue weighted by Gasteiger charge is 2.23. The van der Waals surface area contributed by atoms with Crippen LogP contribution in [0.3, 0.4) is 0 Å². The summed E-state index contributed by atoms with van der Waals surface area (Å²) in [5, 5.41) is 11.6. The largest absolute Gasteiger partial charge is 0.481 e. The molecule has 19 heavy (non-hydrogen) atoms. The van der Waals surface area contributed by atoms with Gasteiger partial charge in [-0.3, -0.25) is 4.79 Å². The van der Waals surface area contributed by atoms with Crippen LogP contribution in [0.5, 0.6) is 0 Å². The fraction of sp³-hybridized carbons (Fsp3) is 0.714. The molecule has 1 atom stereocenters. The Morgan fingerprint density at radius 1 is 1.47 bits per heavy atom. The first-order valence-corrected chi connectivity index (χ1v) is 6.99. The van der Waals surface area contributed by atoms with Crippen LogP contribution in [0.25, 0.3) is 0 Å². The van der Waals surface area contributed by atoms with Gasteiger partial charge in [-0.05, 0) is 38.0 Å². The number of carbonyl (C=O) groups is 2. The number of likely N-dealkylation sites (tertiary alicyclic amines) is 1. The normalized spacial score (nSPS) is 18.9. The van der Waals surface area contributed by atoms with Crippen molar-refractivity contribution in [1.82, 2.24) is 10.2 Å². The number of carbonyl (C=O) groups excluding carboxylic acids is 1. The quantitative estimate of drug-likeness (QED) is 0.549. The van der Waals surface area contributed by atoms with Gasteiger partial charge in [-0.2, -0.15) is 0 Å². The number of hydrogen-bond acceptors (Lipinski definition) is 2. The topological polar surface area (TPSA) is 69.6 Å². The number of nitrogens with zero attached hydrogens (tertiary/aromatic N) is 1. The Labute approximate surface area is 114 Å². The van der Waals surface area contributed by atoms with E-state index in [1.807, 2.05) is 11.0 Å². The molecule has 1 fully saturated rings. The van der Waals surface area contributed by atoms with Gasteiger partial charge in [0.05, 0.1) is 0 Å². The van der Waals surface area contributed by atoms with Gasteiger partial charge in [0.1, 0.15) is 0 Å². The van der Waals surface area contributed by atoms with E-state index in [2.05, 4.69) is 11.9 Å². The summed E-state index contributed by atoms with van der Waals surface area (Å²) in [6.07, 6.45) is 6.49. The highest BCUT2D eigenvalue weighted by molar-refractivity contribution is 5.74. The molecule has 0 aromatic heterocycles. The van der Waals surface area contributed by atoms with Crippen molar-refractivity contribution < 1.29 is 14.7 Å².